The minimum absolute atomic E-state index is 0.0144. The molecule has 10 heteroatoms. The van der Waals surface area contributed by atoms with Gasteiger partial charge in [-0.1, -0.05) is 29.3 Å². The molecule has 2 rings (SSSR count). The Morgan fingerprint density at radius 1 is 0.955 bits per heavy atom. The Morgan fingerprint density at radius 2 is 1.64 bits per heavy atom. The molecule has 0 amide bonds. The molecule has 2 aromatic rings. The van der Waals surface area contributed by atoms with E-state index < -0.39 is 20.0 Å². The Balaban J connectivity index is 2.44. The molecule has 0 aliphatic carbocycles. The lowest BCUT2D eigenvalue weighted by atomic mass is 10.3. The number of nitrogens with two attached hydrogens (primary N) is 1. The van der Waals surface area contributed by atoms with Crippen LogP contribution in [-0.4, -0.2) is 16.8 Å². The van der Waals surface area contributed by atoms with Gasteiger partial charge in [-0.05, 0) is 36.4 Å². The standard InChI is InChI=1S/C12H10Cl2N2O4S2/c13-8-4-5-11(14)12(6-8)22(19,20)16-9-2-1-3-10(7-9)21(15,17)18/h1-7,16H,(H2,15,17,18). The fourth-order valence-corrected chi connectivity index (χ4v) is 4.00. The van der Waals surface area contributed by atoms with Gasteiger partial charge >= 0.3 is 0 Å². The number of nitrogens with one attached hydrogen (secondary N) is 1. The Bertz CT molecular complexity index is 928. The van der Waals surface area contributed by atoms with E-state index in [0.29, 0.717) is 0 Å². The van der Waals surface area contributed by atoms with Crippen LogP contribution in [-0.2, 0) is 20.0 Å². The van der Waals surface area contributed by atoms with Gasteiger partial charge in [0, 0.05) is 5.02 Å². The first kappa shape index (κ1) is 17.0. The maximum Gasteiger partial charge on any atom is 0.263 e. The summed E-state index contributed by atoms with van der Waals surface area (Å²) in [6.07, 6.45) is 0. The summed E-state index contributed by atoms with van der Waals surface area (Å²) < 4.78 is 49.4. The summed E-state index contributed by atoms with van der Waals surface area (Å²) in [7, 11) is -7.97. The van der Waals surface area contributed by atoms with Crippen LogP contribution in [0.1, 0.15) is 0 Å². The molecule has 0 fully saturated rings. The van der Waals surface area contributed by atoms with Gasteiger partial charge in [-0.15, -0.1) is 0 Å². The van der Waals surface area contributed by atoms with Crippen molar-refractivity contribution in [3.8, 4) is 0 Å². The first-order valence-electron chi connectivity index (χ1n) is 5.70. The van der Waals surface area contributed by atoms with Crippen molar-refractivity contribution in [3.05, 3.63) is 52.5 Å². The average molecular weight is 381 g/mol. The number of hydrogen-bond donors (Lipinski definition) is 2. The highest BCUT2D eigenvalue weighted by Crippen LogP contribution is 2.27. The second-order valence-corrected chi connectivity index (χ2v) is 8.31. The Morgan fingerprint density at radius 3 is 2.27 bits per heavy atom. The number of hydrogen-bond acceptors (Lipinski definition) is 4. The van der Waals surface area contributed by atoms with E-state index in [4.69, 9.17) is 28.3 Å². The van der Waals surface area contributed by atoms with Gasteiger partial charge in [0.2, 0.25) is 10.0 Å². The van der Waals surface area contributed by atoms with E-state index >= 15 is 0 Å². The summed E-state index contributed by atoms with van der Waals surface area (Å²) in [5, 5.41) is 5.18. The summed E-state index contributed by atoms with van der Waals surface area (Å²) in [5.74, 6) is 0. The molecule has 6 nitrogen and oxygen atoms in total. The van der Waals surface area contributed by atoms with Gasteiger partial charge in [0.05, 0.1) is 15.6 Å². The molecule has 22 heavy (non-hydrogen) atoms. The largest absolute Gasteiger partial charge is 0.280 e. The Hall–Kier alpha value is -1.32. The monoisotopic (exact) mass is 380 g/mol. The highest BCUT2D eigenvalue weighted by Gasteiger charge is 2.19. The lowest BCUT2D eigenvalue weighted by molar-refractivity contribution is 0.596. The third kappa shape index (κ3) is 3.90. The fourth-order valence-electron chi connectivity index (χ4n) is 1.63. The third-order valence-corrected chi connectivity index (χ3v) is 5.61. The van der Waals surface area contributed by atoms with E-state index in [9.17, 15) is 16.8 Å². The van der Waals surface area contributed by atoms with Crippen LogP contribution in [0.3, 0.4) is 0 Å². The summed E-state index contributed by atoms with van der Waals surface area (Å²) in [6.45, 7) is 0. The minimum atomic E-state index is -4.03. The smallest absolute Gasteiger partial charge is 0.263 e. The predicted molar refractivity (Wildman–Crippen MR) is 85.1 cm³/mol. The number of halogens is 2. The van der Waals surface area contributed by atoms with Crippen LogP contribution >= 0.6 is 23.2 Å². The lowest BCUT2D eigenvalue weighted by Gasteiger charge is -2.10. The maximum absolute atomic E-state index is 12.3. The molecule has 0 aliphatic heterocycles. The van der Waals surface area contributed by atoms with Gasteiger partial charge in [-0.2, -0.15) is 0 Å². The molecule has 0 aromatic heterocycles. The fraction of sp³-hybridized carbons (Fsp3) is 0. The highest BCUT2D eigenvalue weighted by molar-refractivity contribution is 7.93. The predicted octanol–water partition coefficient (Wildman–Crippen LogP) is 2.44. The van der Waals surface area contributed by atoms with Crippen LogP contribution in [0.5, 0.6) is 0 Å². The molecule has 0 saturated heterocycles. The van der Waals surface area contributed by atoms with Crippen molar-refractivity contribution in [3.63, 3.8) is 0 Å². The van der Waals surface area contributed by atoms with Gasteiger partial charge in [0.1, 0.15) is 4.90 Å². The van der Waals surface area contributed by atoms with Crippen molar-refractivity contribution < 1.29 is 16.8 Å². The van der Waals surface area contributed by atoms with Crippen molar-refractivity contribution in [1.29, 1.82) is 0 Å². The molecule has 0 unspecified atom stereocenters. The van der Waals surface area contributed by atoms with E-state index in [2.05, 4.69) is 4.72 Å². The highest BCUT2D eigenvalue weighted by atomic mass is 35.5. The van der Waals surface area contributed by atoms with Gasteiger partial charge in [-0.25, -0.2) is 22.0 Å². The lowest BCUT2D eigenvalue weighted by Crippen LogP contribution is -2.15. The van der Waals surface area contributed by atoms with E-state index in [0.717, 1.165) is 6.07 Å². The summed E-state index contributed by atoms with van der Waals surface area (Å²) in [6, 6.07) is 9.08. The van der Waals surface area contributed by atoms with Crippen LogP contribution in [0.4, 0.5) is 5.69 Å². The second kappa shape index (κ2) is 6.05. The maximum atomic E-state index is 12.3. The number of sulfonamides is 2. The molecule has 3 N–H and O–H groups in total. The zero-order valence-corrected chi connectivity index (χ0v) is 14.0. The topological polar surface area (TPSA) is 106 Å². The van der Waals surface area contributed by atoms with Gasteiger partial charge in [-0.3, -0.25) is 4.72 Å². The number of anilines is 1. The molecule has 0 aliphatic rings. The molecule has 0 bridgehead atoms. The number of benzene rings is 2. The molecule has 0 atom stereocenters. The molecule has 0 radical (unpaired) electrons. The van der Waals surface area contributed by atoms with Crippen molar-refractivity contribution in [2.24, 2.45) is 5.14 Å². The second-order valence-electron chi connectivity index (χ2n) is 4.25. The number of primary sulfonamides is 1. The molecule has 0 saturated carbocycles. The normalized spacial score (nSPS) is 12.1. The Labute approximate surface area is 138 Å². The van der Waals surface area contributed by atoms with Gasteiger partial charge in [0.15, 0.2) is 0 Å². The van der Waals surface area contributed by atoms with Crippen LogP contribution < -0.4 is 9.86 Å². The van der Waals surface area contributed by atoms with E-state index in [-0.39, 0.29) is 25.5 Å². The van der Waals surface area contributed by atoms with Crippen molar-refractivity contribution >= 4 is 48.9 Å². The van der Waals surface area contributed by atoms with E-state index in [1.54, 1.807) is 0 Å². The van der Waals surface area contributed by atoms with Crippen LogP contribution in [0.2, 0.25) is 10.0 Å². The molecular weight excluding hydrogens is 371 g/mol. The summed E-state index contributed by atoms with van der Waals surface area (Å²) in [5.41, 5.74) is 0.0302. The zero-order chi connectivity index (χ0) is 16.5. The van der Waals surface area contributed by atoms with Crippen LogP contribution in [0, 0.1) is 0 Å². The molecule has 0 spiro atoms. The van der Waals surface area contributed by atoms with E-state index in [1.807, 2.05) is 0 Å². The molecular formula is C12H10Cl2N2O4S2. The van der Waals surface area contributed by atoms with Crippen LogP contribution in [0.15, 0.2) is 52.3 Å². The summed E-state index contributed by atoms with van der Waals surface area (Å²) >= 11 is 11.6. The van der Waals surface area contributed by atoms with E-state index in [1.165, 1.54) is 36.4 Å². The molecule has 118 valence electrons. The van der Waals surface area contributed by atoms with Crippen molar-refractivity contribution in [2.45, 2.75) is 9.79 Å². The van der Waals surface area contributed by atoms with Gasteiger partial charge < -0.3 is 0 Å². The van der Waals surface area contributed by atoms with Crippen molar-refractivity contribution in [1.82, 2.24) is 0 Å². The third-order valence-electron chi connectivity index (χ3n) is 2.60. The van der Waals surface area contributed by atoms with Crippen molar-refractivity contribution in [2.75, 3.05) is 4.72 Å². The average Bonchev–Trinajstić information content (AvgIpc) is 2.40. The first-order chi connectivity index (χ1) is 10.1. The summed E-state index contributed by atoms with van der Waals surface area (Å²) in [4.78, 5) is -0.437. The van der Waals surface area contributed by atoms with Gasteiger partial charge in [0.25, 0.3) is 10.0 Å². The molecule has 2 aromatic carbocycles. The number of rotatable bonds is 4. The molecule has 0 heterocycles. The first-order valence-corrected chi connectivity index (χ1v) is 9.49. The SMILES string of the molecule is NS(=O)(=O)c1cccc(NS(=O)(=O)c2cc(Cl)ccc2Cl)c1. The zero-order valence-electron chi connectivity index (χ0n) is 10.8. The Kier molecular flexibility index (Phi) is 4.69. The quantitative estimate of drug-likeness (QED) is 0.848. The minimum Gasteiger partial charge on any atom is -0.280 e. The van der Waals surface area contributed by atoms with Crippen LogP contribution in [0.25, 0.3) is 0 Å².